The summed E-state index contributed by atoms with van der Waals surface area (Å²) in [6.07, 6.45) is 3.81. The smallest absolute Gasteiger partial charge is 0.330 e. The van der Waals surface area contributed by atoms with Crippen molar-refractivity contribution in [3.05, 3.63) is 0 Å². The Kier molecular flexibility index (Phi) is 4.98. The van der Waals surface area contributed by atoms with E-state index in [0.717, 1.165) is 24.2 Å². The lowest BCUT2D eigenvalue weighted by molar-refractivity contribution is -0.154. The first-order valence-corrected chi connectivity index (χ1v) is 7.72. The average molecular weight is 296 g/mol. The van der Waals surface area contributed by atoms with E-state index in [1.54, 1.807) is 0 Å². The highest BCUT2D eigenvalue weighted by Gasteiger charge is 2.53. The van der Waals surface area contributed by atoms with Crippen molar-refractivity contribution in [3.63, 3.8) is 0 Å². The van der Waals surface area contributed by atoms with Gasteiger partial charge in [0.1, 0.15) is 5.41 Å². The fraction of sp³-hybridized carbons (Fsp3) is 0.800. The Morgan fingerprint density at radius 1 is 1.19 bits per heavy atom. The molecular weight excluding hydrogens is 272 g/mol. The minimum absolute atomic E-state index is 0.201. The molecule has 1 N–H and O–H groups in total. The molecule has 1 aliphatic carbocycles. The van der Waals surface area contributed by atoms with Gasteiger partial charge >= 0.3 is 6.03 Å². The Morgan fingerprint density at radius 2 is 1.86 bits per heavy atom. The molecule has 1 spiro atoms. The number of barbiturate groups is 1. The Morgan fingerprint density at radius 3 is 2.48 bits per heavy atom. The van der Waals surface area contributed by atoms with Crippen molar-refractivity contribution in [1.29, 1.82) is 0 Å². The van der Waals surface area contributed by atoms with E-state index in [9.17, 15) is 14.4 Å². The fourth-order valence-electron chi connectivity index (χ4n) is 3.01. The van der Waals surface area contributed by atoms with Crippen molar-refractivity contribution in [2.24, 2.45) is 11.3 Å². The Balaban J connectivity index is 2.01. The van der Waals surface area contributed by atoms with E-state index in [1.165, 1.54) is 0 Å². The van der Waals surface area contributed by atoms with Gasteiger partial charge in [0, 0.05) is 6.61 Å². The van der Waals surface area contributed by atoms with Crippen LogP contribution in [-0.2, 0) is 14.3 Å². The molecule has 0 aromatic carbocycles. The quantitative estimate of drug-likeness (QED) is 0.619. The van der Waals surface area contributed by atoms with Crippen molar-refractivity contribution >= 4 is 17.8 Å². The minimum atomic E-state index is -1.02. The maximum Gasteiger partial charge on any atom is 0.330 e. The number of carbonyl (C=O) groups excluding carboxylic acids is 3. The van der Waals surface area contributed by atoms with E-state index in [2.05, 4.69) is 5.32 Å². The van der Waals surface area contributed by atoms with Crippen molar-refractivity contribution in [3.8, 4) is 0 Å². The molecule has 1 saturated heterocycles. The van der Waals surface area contributed by atoms with Crippen LogP contribution in [0.3, 0.4) is 0 Å². The van der Waals surface area contributed by atoms with Crippen LogP contribution in [0.4, 0.5) is 4.79 Å². The lowest BCUT2D eigenvalue weighted by atomic mass is 9.71. The molecule has 118 valence electrons. The molecule has 0 unspecified atom stereocenters. The molecule has 4 amide bonds. The van der Waals surface area contributed by atoms with Crippen molar-refractivity contribution in [1.82, 2.24) is 10.2 Å². The van der Waals surface area contributed by atoms with Gasteiger partial charge in [0.05, 0.1) is 13.2 Å². The monoisotopic (exact) mass is 296 g/mol. The summed E-state index contributed by atoms with van der Waals surface area (Å²) in [5, 5.41) is 2.34. The Bertz CT molecular complexity index is 427. The summed E-state index contributed by atoms with van der Waals surface area (Å²) in [4.78, 5) is 37.8. The summed E-state index contributed by atoms with van der Waals surface area (Å²) in [5.41, 5.74) is -1.02. The zero-order valence-corrected chi connectivity index (χ0v) is 12.8. The van der Waals surface area contributed by atoms with Crippen LogP contribution in [0.2, 0.25) is 0 Å². The Hall–Kier alpha value is -1.43. The van der Waals surface area contributed by atoms with Crippen LogP contribution < -0.4 is 5.32 Å². The molecule has 0 radical (unpaired) electrons. The lowest BCUT2D eigenvalue weighted by Gasteiger charge is -2.41. The highest BCUT2D eigenvalue weighted by molar-refractivity contribution is 6.19. The molecule has 6 nitrogen and oxygen atoms in total. The van der Waals surface area contributed by atoms with Crippen LogP contribution in [0.15, 0.2) is 0 Å². The maximum atomic E-state index is 12.6. The predicted molar refractivity (Wildman–Crippen MR) is 76.4 cm³/mol. The van der Waals surface area contributed by atoms with Crippen LogP contribution in [0.25, 0.3) is 0 Å². The fourth-order valence-corrected chi connectivity index (χ4v) is 3.01. The van der Waals surface area contributed by atoms with Gasteiger partial charge in [0.15, 0.2) is 0 Å². The van der Waals surface area contributed by atoms with Crippen LogP contribution in [-0.4, -0.2) is 42.5 Å². The summed E-state index contributed by atoms with van der Waals surface area (Å²) < 4.78 is 5.44. The number of hydrogen-bond acceptors (Lipinski definition) is 4. The maximum absolute atomic E-state index is 12.6. The number of ether oxygens (including phenoxy) is 1. The van der Waals surface area contributed by atoms with Gasteiger partial charge in [-0.15, -0.1) is 0 Å². The van der Waals surface area contributed by atoms with Gasteiger partial charge < -0.3 is 4.74 Å². The molecule has 6 heteroatoms. The third kappa shape index (κ3) is 3.26. The van der Waals surface area contributed by atoms with Crippen molar-refractivity contribution in [2.45, 2.75) is 46.0 Å². The highest BCUT2D eigenvalue weighted by atomic mass is 16.5. The Labute approximate surface area is 125 Å². The van der Waals surface area contributed by atoms with E-state index >= 15 is 0 Å². The average Bonchev–Trinajstić information content (AvgIpc) is 2.45. The molecule has 1 heterocycles. The van der Waals surface area contributed by atoms with Crippen LogP contribution in [0.1, 0.15) is 46.0 Å². The van der Waals surface area contributed by atoms with Crippen LogP contribution >= 0.6 is 0 Å². The molecule has 0 atom stereocenters. The van der Waals surface area contributed by atoms with E-state index < -0.39 is 17.4 Å². The van der Waals surface area contributed by atoms with Gasteiger partial charge in [0.25, 0.3) is 0 Å². The molecule has 1 saturated carbocycles. The third-order valence-electron chi connectivity index (χ3n) is 4.17. The number of rotatable bonds is 5. The van der Waals surface area contributed by atoms with Gasteiger partial charge in [-0.2, -0.15) is 0 Å². The van der Waals surface area contributed by atoms with Gasteiger partial charge in [-0.25, -0.2) is 4.79 Å². The largest absolute Gasteiger partial charge is 0.379 e. The highest BCUT2D eigenvalue weighted by Crippen LogP contribution is 2.40. The summed E-state index contributed by atoms with van der Waals surface area (Å²) in [6.45, 7) is 5.17. The van der Waals surface area contributed by atoms with Crippen molar-refractivity contribution < 1.29 is 19.1 Å². The molecule has 2 rings (SSSR count). The molecule has 0 aromatic heterocycles. The van der Waals surface area contributed by atoms with E-state index in [-0.39, 0.29) is 12.5 Å². The summed E-state index contributed by atoms with van der Waals surface area (Å²) in [7, 11) is 0. The van der Waals surface area contributed by atoms with E-state index in [1.807, 2.05) is 13.8 Å². The molecule has 2 aliphatic rings. The third-order valence-corrected chi connectivity index (χ3v) is 4.17. The molecule has 0 bridgehead atoms. The second kappa shape index (κ2) is 6.56. The first kappa shape index (κ1) is 15.9. The number of urea groups is 1. The number of amides is 4. The second-order valence-electron chi connectivity index (χ2n) is 6.33. The van der Waals surface area contributed by atoms with E-state index in [4.69, 9.17) is 4.74 Å². The zero-order valence-electron chi connectivity index (χ0n) is 12.8. The number of imide groups is 2. The first-order chi connectivity index (χ1) is 9.97. The number of hydrogen-bond donors (Lipinski definition) is 1. The molecule has 2 fully saturated rings. The SMILES string of the molecule is CC(C)COCCN1C(=O)NC(=O)C2(CCCCC2)C1=O. The second-order valence-corrected chi connectivity index (χ2v) is 6.33. The van der Waals surface area contributed by atoms with E-state index in [0.29, 0.717) is 32.0 Å². The molecular formula is C15H24N2O4. The lowest BCUT2D eigenvalue weighted by Crippen LogP contribution is -2.64. The first-order valence-electron chi connectivity index (χ1n) is 7.72. The van der Waals surface area contributed by atoms with Gasteiger partial charge in [-0.3, -0.25) is 19.8 Å². The van der Waals surface area contributed by atoms with Crippen LogP contribution in [0.5, 0.6) is 0 Å². The normalized spacial score (nSPS) is 22.0. The molecule has 0 aromatic rings. The molecule has 1 aliphatic heterocycles. The number of nitrogens with zero attached hydrogens (tertiary/aromatic N) is 1. The number of nitrogens with one attached hydrogen (secondary N) is 1. The van der Waals surface area contributed by atoms with Gasteiger partial charge in [0.2, 0.25) is 11.8 Å². The predicted octanol–water partition coefficient (Wildman–Crippen LogP) is 1.69. The summed E-state index contributed by atoms with van der Waals surface area (Å²) in [5.74, 6) is -0.359. The minimum Gasteiger partial charge on any atom is -0.379 e. The number of carbonyl (C=O) groups is 3. The topological polar surface area (TPSA) is 75.7 Å². The van der Waals surface area contributed by atoms with Crippen molar-refractivity contribution in [2.75, 3.05) is 19.8 Å². The summed E-state index contributed by atoms with van der Waals surface area (Å²) in [6, 6.07) is -0.616. The zero-order chi connectivity index (χ0) is 15.5. The van der Waals surface area contributed by atoms with Crippen LogP contribution in [0, 0.1) is 11.3 Å². The van der Waals surface area contributed by atoms with Gasteiger partial charge in [-0.05, 0) is 18.8 Å². The summed E-state index contributed by atoms with van der Waals surface area (Å²) >= 11 is 0. The standard InChI is InChI=1S/C15H24N2O4/c1-11(2)10-21-9-8-17-13(19)15(6-4-3-5-7-15)12(18)16-14(17)20/h11H,3-10H2,1-2H3,(H,16,18,20). The van der Waals surface area contributed by atoms with Gasteiger partial charge in [-0.1, -0.05) is 33.1 Å². The molecule has 21 heavy (non-hydrogen) atoms.